The average Bonchev–Trinajstić information content (AvgIpc) is 2.94. The van der Waals surface area contributed by atoms with Crippen LogP contribution in [0.25, 0.3) is 22.3 Å². The van der Waals surface area contributed by atoms with Gasteiger partial charge in [0.05, 0.1) is 29.1 Å². The van der Waals surface area contributed by atoms with Gasteiger partial charge < -0.3 is 20.2 Å². The summed E-state index contributed by atoms with van der Waals surface area (Å²) in [5, 5.41) is 0.945. The highest BCUT2D eigenvalue weighted by molar-refractivity contribution is 7.96. The predicted octanol–water partition coefficient (Wildman–Crippen LogP) is 4.37. The third-order valence-corrected chi connectivity index (χ3v) is 7.12. The molecule has 2 saturated heterocycles. The Morgan fingerprint density at radius 3 is 2.38 bits per heavy atom. The molecule has 9 heteroatoms. The zero-order valence-electron chi connectivity index (χ0n) is 22.5. The highest BCUT2D eigenvalue weighted by atomic mass is 32.2. The summed E-state index contributed by atoms with van der Waals surface area (Å²) in [6.45, 7) is 8.44. The Bertz CT molecular complexity index is 1110. The zero-order chi connectivity index (χ0) is 26.6. The second-order valence-corrected chi connectivity index (χ2v) is 10.0. The number of aldehydes is 1. The fourth-order valence-electron chi connectivity index (χ4n) is 4.55. The van der Waals surface area contributed by atoms with E-state index in [-0.39, 0.29) is 12.2 Å². The maximum Gasteiger partial charge on any atom is 0.129 e. The van der Waals surface area contributed by atoms with Crippen molar-refractivity contribution >= 4 is 35.0 Å². The van der Waals surface area contributed by atoms with E-state index >= 15 is 0 Å². The van der Waals surface area contributed by atoms with Crippen LogP contribution in [0.3, 0.4) is 0 Å². The van der Waals surface area contributed by atoms with Gasteiger partial charge in [-0.05, 0) is 70.3 Å². The van der Waals surface area contributed by atoms with Gasteiger partial charge in [0.2, 0.25) is 0 Å². The van der Waals surface area contributed by atoms with Gasteiger partial charge in [-0.1, -0.05) is 24.4 Å². The molecule has 2 fully saturated rings. The van der Waals surface area contributed by atoms with Crippen LogP contribution in [-0.2, 0) is 16.0 Å². The minimum absolute atomic E-state index is 0.182. The number of rotatable bonds is 5. The van der Waals surface area contributed by atoms with E-state index in [9.17, 15) is 4.79 Å². The van der Waals surface area contributed by atoms with Crippen molar-refractivity contribution in [2.75, 3.05) is 44.4 Å². The molecule has 0 spiro atoms. The molecule has 5 heterocycles. The number of nitrogens with zero attached hydrogens (tertiary/aromatic N) is 5. The van der Waals surface area contributed by atoms with E-state index < -0.39 is 0 Å². The van der Waals surface area contributed by atoms with Crippen molar-refractivity contribution in [3.05, 3.63) is 48.3 Å². The van der Waals surface area contributed by atoms with Crippen molar-refractivity contribution in [2.24, 2.45) is 5.73 Å². The summed E-state index contributed by atoms with van der Waals surface area (Å²) in [5.41, 5.74) is 7.68. The molecule has 0 aromatic carbocycles. The van der Waals surface area contributed by atoms with E-state index in [1.165, 1.54) is 39.4 Å². The van der Waals surface area contributed by atoms with Crippen LogP contribution in [0.1, 0.15) is 38.8 Å². The Kier molecular flexibility index (Phi) is 11.7. The van der Waals surface area contributed by atoms with E-state index in [1.807, 2.05) is 48.3 Å². The summed E-state index contributed by atoms with van der Waals surface area (Å²) in [5.74, 6) is 0.938. The lowest BCUT2D eigenvalue weighted by Gasteiger charge is -2.36. The summed E-state index contributed by atoms with van der Waals surface area (Å²) in [4.78, 5) is 26.9. The van der Waals surface area contributed by atoms with Gasteiger partial charge in [0, 0.05) is 49.9 Å². The zero-order valence-corrected chi connectivity index (χ0v) is 23.3. The molecule has 0 saturated carbocycles. The second kappa shape index (κ2) is 15.0. The molecule has 2 atom stereocenters. The summed E-state index contributed by atoms with van der Waals surface area (Å²) in [7, 11) is 1.50. The molecular weight excluding hydrogens is 484 g/mol. The molecule has 0 aliphatic carbocycles. The average molecular weight is 525 g/mol. The fraction of sp³-hybridized carbons (Fsp3) is 0.500. The van der Waals surface area contributed by atoms with Crippen LogP contribution >= 0.6 is 11.9 Å². The van der Waals surface area contributed by atoms with Gasteiger partial charge in [-0.15, -0.1) is 0 Å². The third kappa shape index (κ3) is 8.46. The largest absolute Gasteiger partial charge is 0.372 e. The maximum absolute atomic E-state index is 10.7. The summed E-state index contributed by atoms with van der Waals surface area (Å²) in [6, 6.07) is 11.8. The Hall–Kier alpha value is -2.59. The van der Waals surface area contributed by atoms with E-state index in [0.717, 1.165) is 53.2 Å². The molecule has 0 bridgehead atoms. The Morgan fingerprint density at radius 1 is 1.03 bits per heavy atom. The van der Waals surface area contributed by atoms with Gasteiger partial charge in [-0.3, -0.25) is 9.29 Å². The number of pyridine rings is 3. The summed E-state index contributed by atoms with van der Waals surface area (Å²) in [6.07, 6.45) is 9.68. The first-order valence-corrected chi connectivity index (χ1v) is 14.2. The molecule has 8 nitrogen and oxygen atoms in total. The topological polar surface area (TPSA) is 97.5 Å². The molecule has 2 aliphatic rings. The number of fused-ring (bicyclic) bond motifs is 1. The number of piperidine rings is 1. The van der Waals surface area contributed by atoms with Gasteiger partial charge in [0.15, 0.2) is 0 Å². The quantitative estimate of drug-likeness (QED) is 0.385. The number of hydrogen-bond acceptors (Lipinski definition) is 9. The molecule has 2 aliphatic heterocycles. The Labute approximate surface area is 225 Å². The van der Waals surface area contributed by atoms with Crippen molar-refractivity contribution < 1.29 is 9.53 Å². The second-order valence-electron chi connectivity index (χ2n) is 9.15. The minimum atomic E-state index is 0.182. The highest BCUT2D eigenvalue weighted by Gasteiger charge is 2.23. The van der Waals surface area contributed by atoms with Crippen molar-refractivity contribution in [2.45, 2.75) is 51.7 Å². The lowest BCUT2D eigenvalue weighted by atomic mass is 10.1. The first kappa shape index (κ1) is 29.0. The molecule has 37 heavy (non-hydrogen) atoms. The molecule has 2 unspecified atom stereocenters. The van der Waals surface area contributed by atoms with Gasteiger partial charge in [-0.2, -0.15) is 0 Å². The third-order valence-electron chi connectivity index (χ3n) is 6.24. The van der Waals surface area contributed by atoms with Gasteiger partial charge >= 0.3 is 0 Å². The number of ether oxygens (including phenoxy) is 1. The Morgan fingerprint density at radius 2 is 1.73 bits per heavy atom. The normalized spacial score (nSPS) is 19.9. The molecule has 2 N–H and O–H groups in total. The number of carbonyl (C=O) groups excluding carboxylic acids is 1. The number of aromatic nitrogens is 3. The van der Waals surface area contributed by atoms with Crippen LogP contribution in [0.5, 0.6) is 0 Å². The van der Waals surface area contributed by atoms with Gasteiger partial charge in [0.25, 0.3) is 0 Å². The van der Waals surface area contributed by atoms with E-state index in [1.54, 1.807) is 6.20 Å². The molecule has 200 valence electrons. The van der Waals surface area contributed by atoms with Crippen LogP contribution in [0, 0.1) is 0 Å². The first-order valence-electron chi connectivity index (χ1n) is 13.0. The monoisotopic (exact) mass is 524 g/mol. The molecule has 3 aromatic rings. The minimum Gasteiger partial charge on any atom is -0.372 e. The predicted molar refractivity (Wildman–Crippen MR) is 154 cm³/mol. The van der Waals surface area contributed by atoms with Crippen LogP contribution in [0.4, 0.5) is 5.82 Å². The molecule has 0 amide bonds. The fourth-order valence-corrected chi connectivity index (χ4v) is 5.18. The van der Waals surface area contributed by atoms with E-state index in [2.05, 4.69) is 40.0 Å². The van der Waals surface area contributed by atoms with Crippen LogP contribution < -0.4 is 10.6 Å². The molecule has 5 rings (SSSR count). The molecule has 0 radical (unpaired) electrons. The summed E-state index contributed by atoms with van der Waals surface area (Å²) >= 11 is 1.88. The Balaban J connectivity index is 0.000000322. The van der Waals surface area contributed by atoms with Crippen LogP contribution in [0.15, 0.2) is 42.6 Å². The summed E-state index contributed by atoms with van der Waals surface area (Å²) < 4.78 is 8.25. The smallest absolute Gasteiger partial charge is 0.129 e. The van der Waals surface area contributed by atoms with Crippen molar-refractivity contribution in [1.82, 2.24) is 19.3 Å². The van der Waals surface area contributed by atoms with Crippen molar-refractivity contribution in [3.63, 3.8) is 0 Å². The highest BCUT2D eigenvalue weighted by Crippen LogP contribution is 2.24. The number of morpholine rings is 1. The van der Waals surface area contributed by atoms with Crippen LogP contribution in [0.2, 0.25) is 0 Å². The lowest BCUT2D eigenvalue weighted by molar-refractivity contribution is -0.107. The number of anilines is 1. The van der Waals surface area contributed by atoms with Crippen molar-refractivity contribution in [3.8, 4) is 11.4 Å². The molecular formula is C28H40N6O2S. The van der Waals surface area contributed by atoms with Gasteiger partial charge in [0.1, 0.15) is 12.1 Å². The SMILES string of the molecule is CC1CN(c2cccc(-c3ccc4cnc(CC=O)cc4n3)n2)CC(C)O1.CN.CSN1CCCCC1. The number of carbonyl (C=O) groups is 1. The molecule has 3 aromatic heterocycles. The van der Waals surface area contributed by atoms with E-state index in [4.69, 9.17) is 14.7 Å². The number of hydrogen-bond donors (Lipinski definition) is 1. The van der Waals surface area contributed by atoms with E-state index in [0.29, 0.717) is 6.42 Å². The maximum atomic E-state index is 10.7. The first-order chi connectivity index (χ1) is 18.1. The van der Waals surface area contributed by atoms with Gasteiger partial charge in [-0.25, -0.2) is 9.97 Å². The van der Waals surface area contributed by atoms with Crippen LogP contribution in [-0.4, -0.2) is 77.2 Å². The lowest BCUT2D eigenvalue weighted by Crippen LogP contribution is -2.45. The van der Waals surface area contributed by atoms with Crippen molar-refractivity contribution in [1.29, 1.82) is 0 Å². The number of nitrogens with two attached hydrogens (primary N) is 1. The standard InChI is InChI=1S/C21H22N4O2.C6H13NS.CH5N/c1-14-12-25(13-15(2)27-14)21-5-3-4-18(24-21)19-7-6-16-11-22-17(8-9-26)10-20(16)23-19;1-8-7-5-3-2-4-6-7;1-2/h3-7,9-11,14-15H,8,12-13H2,1-2H3;2-6H2,1H3;2H2,1H3.